The average Bonchev–Trinajstić information content (AvgIpc) is 3.48. The lowest BCUT2D eigenvalue weighted by Crippen LogP contribution is -2.65. The van der Waals surface area contributed by atoms with E-state index >= 15 is 0 Å². The number of hydrogen-bond donors (Lipinski definition) is 0. The standard InChI is InChI=1S/C42H55N3O13/c1-21(2)38(47)54-33-34(55-39(48)22(3)4)36(56-40(49)23(5)6)42(58-35(33)41(50)52-11)57-32-29(27-15-13-12-14-16-27)45(26(9)46)30-28(31(32)53-20-19-51-10)17-18-44-25(8)24(7)43-37(30)44/h12-18,21-23,29,31-36,42H,19-20H2,1-11H3/t29-,31-,32-,33+,34+,35+,36-,42-/m1/s1. The fourth-order valence-electron chi connectivity index (χ4n) is 6.96. The van der Waals surface area contributed by atoms with E-state index in [1.165, 1.54) is 14.0 Å². The summed E-state index contributed by atoms with van der Waals surface area (Å²) in [6, 6.07) is 10.0. The van der Waals surface area contributed by atoms with E-state index in [-0.39, 0.29) is 19.1 Å². The first-order chi connectivity index (χ1) is 27.5. The number of imidazole rings is 1. The van der Waals surface area contributed by atoms with Crippen molar-refractivity contribution < 1.29 is 61.9 Å². The molecule has 1 aromatic carbocycles. The van der Waals surface area contributed by atoms with Crippen molar-refractivity contribution in [2.75, 3.05) is 32.3 Å². The highest BCUT2D eigenvalue weighted by atomic mass is 16.7. The van der Waals surface area contributed by atoms with Crippen LogP contribution >= 0.6 is 0 Å². The van der Waals surface area contributed by atoms with Crippen molar-refractivity contribution >= 4 is 41.1 Å². The molecular formula is C42H55N3O13. The third-order valence-electron chi connectivity index (χ3n) is 10.2. The number of aromatic nitrogens is 2. The molecule has 1 fully saturated rings. The second-order valence-corrected chi connectivity index (χ2v) is 15.3. The summed E-state index contributed by atoms with van der Waals surface area (Å²) in [4.78, 5) is 74.3. The Bertz CT molecular complexity index is 1960. The quantitative estimate of drug-likeness (QED) is 0.124. The van der Waals surface area contributed by atoms with Crippen LogP contribution in [-0.4, -0.2) is 103 Å². The third kappa shape index (κ3) is 9.04. The average molecular weight is 810 g/mol. The van der Waals surface area contributed by atoms with Crippen molar-refractivity contribution in [3.8, 4) is 0 Å². The van der Waals surface area contributed by atoms with Crippen molar-refractivity contribution in [1.82, 2.24) is 9.38 Å². The Balaban J connectivity index is 1.77. The van der Waals surface area contributed by atoms with Crippen LogP contribution < -0.4 is 4.90 Å². The van der Waals surface area contributed by atoms with Crippen LogP contribution in [0.3, 0.4) is 0 Å². The molecule has 2 aliphatic rings. The third-order valence-corrected chi connectivity index (χ3v) is 10.2. The number of esters is 4. The first-order valence-electron chi connectivity index (χ1n) is 19.5. The van der Waals surface area contributed by atoms with E-state index in [4.69, 9.17) is 42.9 Å². The molecule has 2 aromatic heterocycles. The lowest BCUT2D eigenvalue weighted by molar-refractivity contribution is -0.321. The maximum atomic E-state index is 14.1. The van der Waals surface area contributed by atoms with Crippen LogP contribution in [0.5, 0.6) is 0 Å². The topological polar surface area (TPSA) is 180 Å². The molecule has 4 heterocycles. The highest BCUT2D eigenvalue weighted by Crippen LogP contribution is 2.50. The molecule has 0 saturated carbocycles. The van der Waals surface area contributed by atoms with E-state index in [2.05, 4.69) is 0 Å². The van der Waals surface area contributed by atoms with Gasteiger partial charge in [-0.15, -0.1) is 0 Å². The number of pyridine rings is 1. The molecule has 0 radical (unpaired) electrons. The Morgan fingerprint density at radius 2 is 1.36 bits per heavy atom. The molecule has 0 unspecified atom stereocenters. The van der Waals surface area contributed by atoms with Gasteiger partial charge in [0.1, 0.15) is 12.2 Å². The number of carbonyl (C=O) groups excluding carboxylic acids is 5. The number of hydrogen-bond acceptors (Lipinski definition) is 14. The number of carbonyl (C=O) groups is 5. The maximum absolute atomic E-state index is 14.1. The predicted octanol–water partition coefficient (Wildman–Crippen LogP) is 4.75. The van der Waals surface area contributed by atoms with Gasteiger partial charge in [-0.05, 0) is 25.5 Å². The molecule has 1 amide bonds. The first-order valence-corrected chi connectivity index (χ1v) is 19.5. The number of fused-ring (bicyclic) bond motifs is 3. The van der Waals surface area contributed by atoms with Crippen LogP contribution in [0.15, 0.2) is 42.6 Å². The largest absolute Gasteiger partial charge is 0.467 e. The minimum absolute atomic E-state index is 0.0870. The number of aryl methyl sites for hydroxylation is 2. The fraction of sp³-hybridized carbons (Fsp3) is 0.571. The second kappa shape index (κ2) is 18.8. The van der Waals surface area contributed by atoms with Crippen LogP contribution in [0.4, 0.5) is 5.69 Å². The summed E-state index contributed by atoms with van der Waals surface area (Å²) in [5.41, 5.74) is 3.83. The first kappa shape index (κ1) is 44.2. The molecule has 0 bridgehead atoms. The van der Waals surface area contributed by atoms with Crippen LogP contribution in [-0.2, 0) is 61.9 Å². The molecule has 58 heavy (non-hydrogen) atoms. The number of ether oxygens (including phenoxy) is 8. The molecule has 3 aromatic rings. The van der Waals surface area contributed by atoms with Gasteiger partial charge in [0.05, 0.1) is 55.5 Å². The minimum atomic E-state index is -1.73. The fourth-order valence-corrected chi connectivity index (χ4v) is 6.96. The van der Waals surface area contributed by atoms with Crippen molar-refractivity contribution in [1.29, 1.82) is 0 Å². The molecule has 1 saturated heterocycles. The number of anilines is 1. The van der Waals surface area contributed by atoms with E-state index < -0.39 is 90.6 Å². The van der Waals surface area contributed by atoms with Gasteiger partial charge in [0, 0.05) is 31.5 Å². The summed E-state index contributed by atoms with van der Waals surface area (Å²) in [5.74, 6) is -5.57. The van der Waals surface area contributed by atoms with Gasteiger partial charge in [0.2, 0.25) is 5.91 Å². The predicted molar refractivity (Wildman–Crippen MR) is 207 cm³/mol. The summed E-state index contributed by atoms with van der Waals surface area (Å²) < 4.78 is 50.3. The zero-order chi connectivity index (χ0) is 42.6. The molecule has 5 rings (SSSR count). The molecule has 0 N–H and O–H groups in total. The highest BCUT2D eigenvalue weighted by molar-refractivity contribution is 5.98. The van der Waals surface area contributed by atoms with Crippen LogP contribution in [0, 0.1) is 31.6 Å². The molecular weight excluding hydrogens is 754 g/mol. The van der Waals surface area contributed by atoms with Gasteiger partial charge in [-0.3, -0.25) is 24.1 Å². The zero-order valence-electron chi connectivity index (χ0n) is 35.0. The number of amides is 1. The number of nitrogens with zero attached hydrogens (tertiary/aromatic N) is 3. The summed E-state index contributed by atoms with van der Waals surface area (Å²) >= 11 is 0. The molecule has 16 nitrogen and oxygen atoms in total. The van der Waals surface area contributed by atoms with Gasteiger partial charge in [-0.25, -0.2) is 9.78 Å². The van der Waals surface area contributed by atoms with Gasteiger partial charge in [0.25, 0.3) is 0 Å². The molecule has 16 heteroatoms. The number of rotatable bonds is 14. The summed E-state index contributed by atoms with van der Waals surface area (Å²) in [5, 5.41) is 0. The van der Waals surface area contributed by atoms with Crippen molar-refractivity contribution in [2.24, 2.45) is 17.8 Å². The van der Waals surface area contributed by atoms with E-state index in [1.807, 2.05) is 60.8 Å². The Hall–Kier alpha value is -4.90. The normalized spacial score (nSPS) is 24.5. The van der Waals surface area contributed by atoms with Gasteiger partial charge in [-0.2, -0.15) is 0 Å². The van der Waals surface area contributed by atoms with Crippen LogP contribution in [0.2, 0.25) is 0 Å². The van der Waals surface area contributed by atoms with Crippen molar-refractivity contribution in [3.63, 3.8) is 0 Å². The number of benzene rings is 1. The van der Waals surface area contributed by atoms with Crippen LogP contribution in [0.1, 0.15) is 83.1 Å². The molecule has 316 valence electrons. The Morgan fingerprint density at radius 1 is 0.776 bits per heavy atom. The monoisotopic (exact) mass is 809 g/mol. The van der Waals surface area contributed by atoms with Crippen LogP contribution in [0.25, 0.3) is 5.65 Å². The molecule has 8 atom stereocenters. The summed E-state index contributed by atoms with van der Waals surface area (Å²) in [7, 11) is 2.66. The van der Waals surface area contributed by atoms with Gasteiger partial charge in [-0.1, -0.05) is 71.9 Å². The van der Waals surface area contributed by atoms with E-state index in [0.717, 1.165) is 18.5 Å². The Kier molecular flexibility index (Phi) is 14.3. The zero-order valence-corrected chi connectivity index (χ0v) is 35.0. The molecule has 0 spiro atoms. The van der Waals surface area contributed by atoms with Gasteiger partial charge >= 0.3 is 23.9 Å². The Labute approximate surface area is 338 Å². The van der Waals surface area contributed by atoms with Crippen molar-refractivity contribution in [2.45, 2.75) is 111 Å². The minimum Gasteiger partial charge on any atom is -0.467 e. The number of methoxy groups -OCH3 is 2. The molecule has 0 aliphatic carbocycles. The molecule has 2 aliphatic heterocycles. The SMILES string of the molecule is COCCO[C@@H]1c2ccn3c(C)c(C)nc3c2N(C(C)=O)[C@H](c2ccccc2)[C@H]1O[C@@H]1O[C@H](C(=O)OC)[C@@H](OC(=O)C(C)C)[C@H](OC(=O)C(C)C)[C@H]1OC(=O)C(C)C. The summed E-state index contributed by atoms with van der Waals surface area (Å²) in [6.07, 6.45) is -8.61. The highest BCUT2D eigenvalue weighted by Gasteiger charge is 2.58. The lowest BCUT2D eigenvalue weighted by atomic mass is 9.86. The lowest BCUT2D eigenvalue weighted by Gasteiger charge is -2.49. The van der Waals surface area contributed by atoms with E-state index in [1.54, 1.807) is 46.4 Å². The summed E-state index contributed by atoms with van der Waals surface area (Å²) in [6.45, 7) is 15.1. The van der Waals surface area contributed by atoms with Crippen molar-refractivity contribution in [3.05, 3.63) is 65.1 Å². The Morgan fingerprint density at radius 3 is 1.91 bits per heavy atom. The second-order valence-electron chi connectivity index (χ2n) is 15.3. The van der Waals surface area contributed by atoms with Gasteiger partial charge in [0.15, 0.2) is 36.4 Å². The van der Waals surface area contributed by atoms with E-state index in [0.29, 0.717) is 22.5 Å². The maximum Gasteiger partial charge on any atom is 0.339 e. The van der Waals surface area contributed by atoms with E-state index in [9.17, 15) is 24.0 Å². The smallest absolute Gasteiger partial charge is 0.339 e. The van der Waals surface area contributed by atoms with Gasteiger partial charge < -0.3 is 42.3 Å².